The zero-order valence-corrected chi connectivity index (χ0v) is 6.63. The molecule has 10 heavy (non-hydrogen) atoms. The lowest BCUT2D eigenvalue weighted by molar-refractivity contribution is -0.142. The molecule has 1 N–H and O–H groups in total. The molecule has 0 amide bonds. The summed E-state index contributed by atoms with van der Waals surface area (Å²) in [6.07, 6.45) is 0.0215. The number of esters is 1. The smallest absolute Gasteiger partial charge is 0.466 e. The van der Waals surface area contributed by atoms with Crippen LogP contribution >= 0.6 is 8.03 Å². The Morgan fingerprint density at radius 3 is 2.70 bits per heavy atom. The van der Waals surface area contributed by atoms with Crippen molar-refractivity contribution in [1.29, 1.82) is 0 Å². The van der Waals surface area contributed by atoms with E-state index < -0.39 is 14.0 Å². The van der Waals surface area contributed by atoms with Crippen molar-refractivity contribution in [2.45, 2.75) is 13.3 Å². The molecule has 0 aliphatic heterocycles. The van der Waals surface area contributed by atoms with Gasteiger partial charge in [-0.2, -0.15) is 4.89 Å². The van der Waals surface area contributed by atoms with Gasteiger partial charge in [0, 0.05) is 0 Å². The number of carbonyl (C=O) groups excluding carboxylic acids is 1. The molecule has 0 spiro atoms. The average Bonchev–Trinajstić information content (AvgIpc) is 1.85. The summed E-state index contributed by atoms with van der Waals surface area (Å²) in [6.45, 7) is 2.01. The molecule has 1 atom stereocenters. The van der Waals surface area contributed by atoms with Crippen molar-refractivity contribution in [3.63, 3.8) is 0 Å². The number of rotatable bonds is 4. The van der Waals surface area contributed by atoms with E-state index in [1.165, 1.54) is 0 Å². The van der Waals surface area contributed by atoms with Gasteiger partial charge in [-0.3, -0.25) is 4.79 Å². The van der Waals surface area contributed by atoms with E-state index in [-0.39, 0.29) is 12.6 Å². The van der Waals surface area contributed by atoms with Crippen molar-refractivity contribution in [3.05, 3.63) is 0 Å². The van der Waals surface area contributed by atoms with Crippen LogP contribution in [0.2, 0.25) is 0 Å². The summed E-state index contributed by atoms with van der Waals surface area (Å²) >= 11 is 0. The minimum Gasteiger partial charge on any atom is -0.466 e. The first kappa shape index (κ1) is 9.53. The van der Waals surface area contributed by atoms with E-state index in [1.807, 2.05) is 0 Å². The number of carbonyl (C=O) groups is 1. The van der Waals surface area contributed by atoms with Gasteiger partial charge in [0.15, 0.2) is 6.16 Å². The van der Waals surface area contributed by atoms with Crippen LogP contribution in [-0.4, -0.2) is 23.6 Å². The molecule has 0 rings (SSSR count). The highest BCUT2D eigenvalue weighted by atomic mass is 31.1. The molecule has 0 saturated heterocycles. The highest BCUT2D eigenvalue weighted by Crippen LogP contribution is 2.13. The first-order valence-corrected chi connectivity index (χ1v) is 4.35. The maximum Gasteiger partial charge on any atom is 0.506 e. The Labute approximate surface area is 60.1 Å². The van der Waals surface area contributed by atoms with Crippen molar-refractivity contribution < 1.29 is 19.0 Å². The Morgan fingerprint density at radius 1 is 1.70 bits per heavy atom. The molecule has 0 fully saturated rings. The van der Waals surface area contributed by atoms with Crippen LogP contribution in [0.4, 0.5) is 0 Å². The molecule has 58 valence electrons. The van der Waals surface area contributed by atoms with Crippen LogP contribution in [0.15, 0.2) is 0 Å². The van der Waals surface area contributed by atoms with Crippen LogP contribution in [0.25, 0.3) is 0 Å². The predicted octanol–water partition coefficient (Wildman–Crippen LogP) is 0.674. The molecule has 0 aliphatic rings. The normalized spacial score (nSPS) is 10.8. The molecule has 0 aromatic carbocycles. The molecule has 0 aromatic heterocycles. The summed E-state index contributed by atoms with van der Waals surface area (Å²) < 4.78 is 14.6. The number of hydrogen-bond donors (Lipinski definition) is 1. The second-order valence-corrected chi connectivity index (χ2v) is 2.78. The van der Waals surface area contributed by atoms with E-state index in [2.05, 4.69) is 4.74 Å². The van der Waals surface area contributed by atoms with Gasteiger partial charge in [0.25, 0.3) is 0 Å². The summed E-state index contributed by atoms with van der Waals surface area (Å²) in [5.41, 5.74) is 0. The largest absolute Gasteiger partial charge is 0.506 e. The van der Waals surface area contributed by atoms with Gasteiger partial charge in [-0.15, -0.1) is 0 Å². The van der Waals surface area contributed by atoms with Crippen LogP contribution in [-0.2, 0) is 14.1 Å². The summed E-state index contributed by atoms with van der Waals surface area (Å²) in [7, 11) is -2.19. The van der Waals surface area contributed by atoms with E-state index in [0.29, 0.717) is 6.61 Å². The molecule has 4 nitrogen and oxygen atoms in total. The third-order valence-corrected chi connectivity index (χ3v) is 1.42. The van der Waals surface area contributed by atoms with Gasteiger partial charge in [0.1, 0.15) is 0 Å². The molecule has 0 radical (unpaired) electrons. The average molecular weight is 165 g/mol. The molecular formula is C5H10O4P+. The fourth-order valence-electron chi connectivity index (χ4n) is 0.420. The van der Waals surface area contributed by atoms with Gasteiger partial charge in [0.05, 0.1) is 13.0 Å². The van der Waals surface area contributed by atoms with Crippen molar-refractivity contribution in [3.8, 4) is 0 Å². The fraction of sp³-hybridized carbons (Fsp3) is 0.800. The van der Waals surface area contributed by atoms with E-state index in [1.54, 1.807) is 6.92 Å². The molecule has 0 bridgehead atoms. The second-order valence-electron chi connectivity index (χ2n) is 1.63. The number of hydrogen-bond acceptors (Lipinski definition) is 3. The van der Waals surface area contributed by atoms with Crippen LogP contribution in [0.3, 0.4) is 0 Å². The maximum atomic E-state index is 10.5. The van der Waals surface area contributed by atoms with E-state index >= 15 is 0 Å². The Balaban J connectivity index is 3.30. The van der Waals surface area contributed by atoms with Gasteiger partial charge in [-0.1, -0.05) is 0 Å². The standard InChI is InChI=1S/C5H9O4P/c1-2-9-5(6)3-4-10(7)8/h2-4H2,1H3/p+1. The van der Waals surface area contributed by atoms with Crippen molar-refractivity contribution in [1.82, 2.24) is 0 Å². The third kappa shape index (κ3) is 5.66. The maximum absolute atomic E-state index is 10.5. The zero-order valence-electron chi connectivity index (χ0n) is 5.74. The van der Waals surface area contributed by atoms with Gasteiger partial charge < -0.3 is 4.74 Å². The van der Waals surface area contributed by atoms with Gasteiger partial charge in [-0.05, 0) is 11.5 Å². The molecule has 0 aromatic rings. The minimum atomic E-state index is -2.19. The first-order valence-electron chi connectivity index (χ1n) is 2.96. The van der Waals surface area contributed by atoms with E-state index in [4.69, 9.17) is 4.89 Å². The Kier molecular flexibility index (Phi) is 5.08. The van der Waals surface area contributed by atoms with Gasteiger partial charge >= 0.3 is 14.0 Å². The lowest BCUT2D eigenvalue weighted by Crippen LogP contribution is -2.04. The lowest BCUT2D eigenvalue weighted by atomic mass is 10.5. The summed E-state index contributed by atoms with van der Waals surface area (Å²) in [5, 5.41) is 0. The number of ether oxygens (including phenoxy) is 1. The van der Waals surface area contributed by atoms with Crippen LogP contribution < -0.4 is 0 Å². The van der Waals surface area contributed by atoms with Crippen LogP contribution in [0.1, 0.15) is 13.3 Å². The second kappa shape index (κ2) is 5.33. The molecule has 1 unspecified atom stereocenters. The molecule has 0 saturated carbocycles. The monoisotopic (exact) mass is 165 g/mol. The highest BCUT2D eigenvalue weighted by molar-refractivity contribution is 7.38. The van der Waals surface area contributed by atoms with Gasteiger partial charge in [0.2, 0.25) is 0 Å². The molecular weight excluding hydrogens is 155 g/mol. The van der Waals surface area contributed by atoms with E-state index in [0.717, 1.165) is 0 Å². The third-order valence-electron chi connectivity index (χ3n) is 0.813. The molecule has 0 heterocycles. The van der Waals surface area contributed by atoms with Crippen LogP contribution in [0.5, 0.6) is 0 Å². The topological polar surface area (TPSA) is 63.6 Å². The lowest BCUT2D eigenvalue weighted by Gasteiger charge is -1.94. The van der Waals surface area contributed by atoms with Crippen molar-refractivity contribution in [2.24, 2.45) is 0 Å². The Bertz CT molecular complexity index is 134. The van der Waals surface area contributed by atoms with E-state index in [9.17, 15) is 9.36 Å². The molecule has 0 aliphatic carbocycles. The van der Waals surface area contributed by atoms with Crippen molar-refractivity contribution >= 4 is 14.0 Å². The first-order chi connectivity index (χ1) is 4.66. The Hall–Kier alpha value is -0.470. The van der Waals surface area contributed by atoms with Crippen molar-refractivity contribution in [2.75, 3.05) is 12.8 Å². The molecule has 5 heteroatoms. The van der Waals surface area contributed by atoms with Crippen LogP contribution in [0, 0.1) is 0 Å². The SMILES string of the molecule is CCOC(=O)CC[P+](=O)O. The quantitative estimate of drug-likeness (QED) is 0.491. The Morgan fingerprint density at radius 2 is 2.30 bits per heavy atom. The summed E-state index contributed by atoms with van der Waals surface area (Å²) in [5.74, 6) is -0.417. The van der Waals surface area contributed by atoms with Gasteiger partial charge in [-0.25, -0.2) is 0 Å². The highest BCUT2D eigenvalue weighted by Gasteiger charge is 2.13. The predicted molar refractivity (Wildman–Crippen MR) is 35.9 cm³/mol. The minimum absolute atomic E-state index is 0.00579. The zero-order chi connectivity index (χ0) is 7.98. The fourth-order valence-corrected chi connectivity index (χ4v) is 0.794. The summed E-state index contributed by atoms with van der Waals surface area (Å²) in [6, 6.07) is 0. The summed E-state index contributed by atoms with van der Waals surface area (Å²) in [4.78, 5) is 18.8.